The van der Waals surface area contributed by atoms with Gasteiger partial charge >= 0.3 is 0 Å². The minimum absolute atomic E-state index is 0.0492. The number of fused-ring (bicyclic) bond motifs is 1. The van der Waals surface area contributed by atoms with Gasteiger partial charge in [-0.05, 0) is 31.0 Å². The van der Waals surface area contributed by atoms with E-state index in [9.17, 15) is 4.79 Å². The smallest absolute Gasteiger partial charge is 0.267 e. The minimum atomic E-state index is -0.0492. The number of aryl methyl sites for hydroxylation is 1. The zero-order chi connectivity index (χ0) is 24.3. The number of halogens is 1. The minimum Gasteiger partial charge on any atom is -0.267 e. The van der Waals surface area contributed by atoms with Crippen molar-refractivity contribution in [2.45, 2.75) is 70.8 Å². The third kappa shape index (κ3) is 6.69. The van der Waals surface area contributed by atoms with Gasteiger partial charge in [0.25, 0.3) is 5.56 Å². The molecule has 0 atom stereocenters. The number of alkyl halides is 1. The molecule has 0 fully saturated rings. The Kier molecular flexibility index (Phi) is 9.70. The van der Waals surface area contributed by atoms with Gasteiger partial charge in [0.1, 0.15) is 5.69 Å². The second-order valence-corrected chi connectivity index (χ2v) is 9.91. The Labute approximate surface area is 216 Å². The highest BCUT2D eigenvalue weighted by atomic mass is 79.9. The Morgan fingerprint density at radius 1 is 0.743 bits per heavy atom. The van der Waals surface area contributed by atoms with Crippen LogP contribution in [0.5, 0.6) is 0 Å². The number of pyridine rings is 1. The predicted molar refractivity (Wildman–Crippen MR) is 148 cm³/mol. The molecule has 0 aliphatic rings. The first-order valence-electron chi connectivity index (χ1n) is 12.9. The summed E-state index contributed by atoms with van der Waals surface area (Å²) in [5.41, 5.74) is 4.21. The molecule has 1 aromatic carbocycles. The highest BCUT2D eigenvalue weighted by Crippen LogP contribution is 2.33. The summed E-state index contributed by atoms with van der Waals surface area (Å²) in [4.78, 5) is 13.5. The van der Waals surface area contributed by atoms with Gasteiger partial charge < -0.3 is 0 Å². The van der Waals surface area contributed by atoms with E-state index in [0.717, 1.165) is 40.5 Å². The van der Waals surface area contributed by atoms with Crippen LogP contribution in [0.25, 0.3) is 27.9 Å². The van der Waals surface area contributed by atoms with Crippen molar-refractivity contribution in [2.75, 3.05) is 5.33 Å². The van der Waals surface area contributed by atoms with Crippen molar-refractivity contribution < 1.29 is 0 Å². The summed E-state index contributed by atoms with van der Waals surface area (Å²) in [6.07, 6.45) is 16.3. The van der Waals surface area contributed by atoms with Gasteiger partial charge in [-0.3, -0.25) is 4.79 Å². The highest BCUT2D eigenvalue weighted by Gasteiger charge is 2.19. The average molecular weight is 536 g/mol. The first-order chi connectivity index (χ1) is 17.3. The molecule has 0 amide bonds. The number of nitrogens with zero attached hydrogens (tertiary/aromatic N) is 4. The number of hydrogen-bond donors (Lipinski definition) is 0. The fourth-order valence-corrected chi connectivity index (χ4v) is 5.03. The van der Waals surface area contributed by atoms with E-state index in [2.05, 4.69) is 21.0 Å². The number of unbranched alkanes of at least 4 members (excludes halogenated alkanes) is 9. The quantitative estimate of drug-likeness (QED) is 0.124. The number of hydrogen-bond acceptors (Lipinski definition) is 3. The average Bonchev–Trinajstić information content (AvgIpc) is 3.28. The zero-order valence-electron chi connectivity index (χ0n) is 20.4. The molecule has 5 nitrogen and oxygen atoms in total. The molecule has 0 bridgehead atoms. The Bertz CT molecular complexity index is 1250. The van der Waals surface area contributed by atoms with Crippen LogP contribution in [0.4, 0.5) is 0 Å². The van der Waals surface area contributed by atoms with Crippen LogP contribution in [-0.2, 0) is 6.54 Å². The fourth-order valence-electron chi connectivity index (χ4n) is 4.63. The Balaban J connectivity index is 1.40. The highest BCUT2D eigenvalue weighted by molar-refractivity contribution is 9.09. The summed E-state index contributed by atoms with van der Waals surface area (Å²) < 4.78 is 3.48. The zero-order valence-corrected chi connectivity index (χ0v) is 22.0. The summed E-state index contributed by atoms with van der Waals surface area (Å²) >= 11 is 3.50. The van der Waals surface area contributed by atoms with Gasteiger partial charge in [-0.25, -0.2) is 9.20 Å². The van der Waals surface area contributed by atoms with Crippen LogP contribution in [0.2, 0.25) is 0 Å². The molecule has 0 saturated carbocycles. The van der Waals surface area contributed by atoms with E-state index in [4.69, 9.17) is 5.10 Å². The molecule has 35 heavy (non-hydrogen) atoms. The number of rotatable bonds is 14. The monoisotopic (exact) mass is 534 g/mol. The fraction of sp³-hybridized carbons (Fsp3) is 0.414. The molecule has 0 N–H and O–H groups in total. The van der Waals surface area contributed by atoms with Gasteiger partial charge in [0.05, 0.1) is 11.1 Å². The van der Waals surface area contributed by atoms with Gasteiger partial charge in [0, 0.05) is 35.4 Å². The lowest BCUT2D eigenvalue weighted by Crippen LogP contribution is -2.24. The summed E-state index contributed by atoms with van der Waals surface area (Å²) in [5, 5.41) is 10.3. The normalized spacial score (nSPS) is 11.3. The molecule has 184 valence electrons. The van der Waals surface area contributed by atoms with Gasteiger partial charge in [-0.2, -0.15) is 10.2 Å². The molecule has 4 aromatic rings. The van der Waals surface area contributed by atoms with E-state index < -0.39 is 0 Å². The molecule has 0 saturated heterocycles. The van der Waals surface area contributed by atoms with Crippen LogP contribution in [-0.4, -0.2) is 24.7 Å². The van der Waals surface area contributed by atoms with Crippen LogP contribution in [0, 0.1) is 0 Å². The lowest BCUT2D eigenvalue weighted by molar-refractivity contribution is 0.502. The second-order valence-electron chi connectivity index (χ2n) is 9.12. The van der Waals surface area contributed by atoms with Crippen molar-refractivity contribution in [3.8, 4) is 22.4 Å². The first-order valence-corrected chi connectivity index (χ1v) is 14.1. The van der Waals surface area contributed by atoms with Gasteiger partial charge in [0.15, 0.2) is 0 Å². The topological polar surface area (TPSA) is 52.2 Å². The number of aromatic nitrogens is 4. The third-order valence-electron chi connectivity index (χ3n) is 6.52. The summed E-state index contributed by atoms with van der Waals surface area (Å²) in [5.74, 6) is 0. The molecular formula is C29H35BrN4O. The second kappa shape index (κ2) is 13.4. The van der Waals surface area contributed by atoms with Crippen LogP contribution in [0.15, 0.2) is 71.8 Å². The summed E-state index contributed by atoms with van der Waals surface area (Å²) in [6, 6.07) is 17.8. The largest absolute Gasteiger partial charge is 0.274 e. The molecular weight excluding hydrogens is 500 g/mol. The van der Waals surface area contributed by atoms with Crippen molar-refractivity contribution in [1.29, 1.82) is 0 Å². The Morgan fingerprint density at radius 3 is 2.11 bits per heavy atom. The molecule has 3 aromatic heterocycles. The van der Waals surface area contributed by atoms with Gasteiger partial charge in [-0.1, -0.05) is 104 Å². The maximum atomic E-state index is 13.5. The number of benzene rings is 1. The molecule has 6 heteroatoms. The van der Waals surface area contributed by atoms with E-state index in [-0.39, 0.29) is 5.56 Å². The molecule has 0 unspecified atom stereocenters. The van der Waals surface area contributed by atoms with E-state index >= 15 is 0 Å². The van der Waals surface area contributed by atoms with Crippen LogP contribution in [0.1, 0.15) is 64.2 Å². The SMILES string of the molecule is O=c1c(-c2c(-c3ccccc3)nn3ccccc23)ccnn1CCCCCCCCCCCCBr. The van der Waals surface area contributed by atoms with E-state index in [1.54, 1.807) is 10.9 Å². The van der Waals surface area contributed by atoms with Crippen LogP contribution < -0.4 is 5.56 Å². The first kappa shape index (κ1) is 25.4. The van der Waals surface area contributed by atoms with Crippen molar-refractivity contribution >= 4 is 21.4 Å². The molecule has 3 heterocycles. The van der Waals surface area contributed by atoms with Gasteiger partial charge in [-0.15, -0.1) is 0 Å². The lowest BCUT2D eigenvalue weighted by atomic mass is 10.0. The Morgan fingerprint density at radius 2 is 1.40 bits per heavy atom. The maximum Gasteiger partial charge on any atom is 0.274 e. The van der Waals surface area contributed by atoms with Crippen LogP contribution >= 0.6 is 15.9 Å². The molecule has 4 rings (SSSR count). The molecule has 0 radical (unpaired) electrons. The standard InChI is InChI=1S/C29H35BrN4O/c30-20-13-7-5-3-1-2-4-6-8-14-23-34-29(35)25(19-21-31-34)27-26-18-12-15-22-33(26)32-28(27)24-16-10-9-11-17-24/h9-12,15-19,21-22H,1-8,13-14,20,23H2. The predicted octanol–water partition coefficient (Wildman–Crippen LogP) is 7.52. The molecule has 0 spiro atoms. The summed E-state index contributed by atoms with van der Waals surface area (Å²) in [6.45, 7) is 0.652. The third-order valence-corrected chi connectivity index (χ3v) is 7.08. The summed E-state index contributed by atoms with van der Waals surface area (Å²) in [7, 11) is 0. The van der Waals surface area contributed by atoms with E-state index in [0.29, 0.717) is 12.1 Å². The van der Waals surface area contributed by atoms with Gasteiger partial charge in [0.2, 0.25) is 0 Å². The molecule has 0 aliphatic carbocycles. The van der Waals surface area contributed by atoms with Crippen LogP contribution in [0.3, 0.4) is 0 Å². The lowest BCUT2D eigenvalue weighted by Gasteiger charge is -2.08. The van der Waals surface area contributed by atoms with Crippen molar-refractivity contribution in [3.05, 3.63) is 77.3 Å². The van der Waals surface area contributed by atoms with Crippen molar-refractivity contribution in [2.24, 2.45) is 0 Å². The van der Waals surface area contributed by atoms with E-state index in [1.165, 1.54) is 51.4 Å². The molecule has 0 aliphatic heterocycles. The van der Waals surface area contributed by atoms with E-state index in [1.807, 2.05) is 65.3 Å². The van der Waals surface area contributed by atoms with Crippen molar-refractivity contribution in [1.82, 2.24) is 19.4 Å². The maximum absolute atomic E-state index is 13.5. The van der Waals surface area contributed by atoms with Crippen molar-refractivity contribution in [3.63, 3.8) is 0 Å². The Hall–Kier alpha value is -2.73.